The number of alkyl halides is 6. The molecule has 48 heavy (non-hydrogen) atoms. The third kappa shape index (κ3) is 7.00. The first-order valence-electron chi connectivity index (χ1n) is 15.2. The minimum Gasteiger partial charge on any atom is -0.496 e. The highest BCUT2D eigenvalue weighted by atomic mass is 19.4. The standard InChI is InChI=1S/C35H34F6N2O5/c1-18-10-22(16-42-29(18)31(44)45)20-6-7-28(47-5)27(13-20)26-8-9-33(3,4)15-23(26)17-43-19(2)30(48-32(43)46)21-11-24(34(36,37)38)14-25(12-21)35(39,40)41/h6-7,10-14,16,19,30H,8-9,15,17H2,1-5H3,(H,44,45)/t19-,30?/m0/s1. The average molecular weight is 677 g/mol. The van der Waals surface area contributed by atoms with Crippen LogP contribution in [0.5, 0.6) is 5.75 Å². The summed E-state index contributed by atoms with van der Waals surface area (Å²) in [4.78, 5) is 30.2. The Bertz CT molecular complexity index is 1760. The molecule has 1 aliphatic heterocycles. The number of pyridine rings is 1. The van der Waals surface area contributed by atoms with Crippen molar-refractivity contribution in [2.75, 3.05) is 13.7 Å². The number of carboxylic acid groups (broad SMARTS) is 1. The Morgan fingerprint density at radius 2 is 1.69 bits per heavy atom. The SMILES string of the molecule is COc1ccc(-c2cnc(C(=O)O)c(C)c2)cc1C1=C(CN2C(=O)OC(c3cc(C(F)(F)F)cc(C(F)(F)F)c3)[C@@H]2C)CC(C)(C)CC1. The van der Waals surface area contributed by atoms with E-state index in [-0.39, 0.29) is 23.7 Å². The van der Waals surface area contributed by atoms with Crippen molar-refractivity contribution in [3.63, 3.8) is 0 Å². The van der Waals surface area contributed by atoms with Gasteiger partial charge in [-0.3, -0.25) is 4.90 Å². The number of aromatic nitrogens is 1. The number of halogens is 6. The van der Waals surface area contributed by atoms with E-state index in [4.69, 9.17) is 9.47 Å². The predicted molar refractivity (Wildman–Crippen MR) is 164 cm³/mol. The number of carbonyl (C=O) groups excluding carboxylic acids is 1. The van der Waals surface area contributed by atoms with Crippen molar-refractivity contribution in [1.29, 1.82) is 0 Å². The predicted octanol–water partition coefficient (Wildman–Crippen LogP) is 9.35. The highest BCUT2D eigenvalue weighted by molar-refractivity contribution is 5.88. The summed E-state index contributed by atoms with van der Waals surface area (Å²) in [6.45, 7) is 7.37. The van der Waals surface area contributed by atoms with Crippen LogP contribution < -0.4 is 4.74 Å². The van der Waals surface area contributed by atoms with Crippen LogP contribution in [-0.2, 0) is 17.1 Å². The lowest BCUT2D eigenvalue weighted by atomic mass is 9.72. The molecule has 0 spiro atoms. The number of cyclic esters (lactones) is 1. The van der Waals surface area contributed by atoms with E-state index in [1.807, 2.05) is 12.1 Å². The molecule has 1 amide bonds. The number of hydrogen-bond acceptors (Lipinski definition) is 5. The number of aryl methyl sites for hydroxylation is 1. The number of ether oxygens (including phenoxy) is 2. The maximum Gasteiger partial charge on any atom is 0.416 e. The number of aromatic carboxylic acids is 1. The third-order valence-corrected chi connectivity index (χ3v) is 9.00. The molecule has 2 aliphatic rings. The summed E-state index contributed by atoms with van der Waals surface area (Å²) in [6, 6.07) is 7.57. The maximum absolute atomic E-state index is 13.6. The topological polar surface area (TPSA) is 89.0 Å². The fourth-order valence-corrected chi connectivity index (χ4v) is 6.48. The second-order valence-corrected chi connectivity index (χ2v) is 13.0. The fourth-order valence-electron chi connectivity index (χ4n) is 6.48. The van der Waals surface area contributed by atoms with Gasteiger partial charge in [0, 0.05) is 23.9 Å². The highest BCUT2D eigenvalue weighted by Crippen LogP contribution is 2.47. The van der Waals surface area contributed by atoms with E-state index in [0.29, 0.717) is 41.9 Å². The minimum absolute atomic E-state index is 0.0295. The quantitative estimate of drug-likeness (QED) is 0.251. The summed E-state index contributed by atoms with van der Waals surface area (Å²) in [5.41, 5.74) is 0.789. The molecule has 2 aromatic carbocycles. The molecule has 1 N–H and O–H groups in total. The number of nitrogens with zero attached hydrogens (tertiary/aromatic N) is 2. The van der Waals surface area contributed by atoms with Gasteiger partial charge in [-0.1, -0.05) is 19.9 Å². The number of methoxy groups -OCH3 is 1. The lowest BCUT2D eigenvalue weighted by Crippen LogP contribution is -2.35. The zero-order valence-corrected chi connectivity index (χ0v) is 26.8. The van der Waals surface area contributed by atoms with Crippen molar-refractivity contribution in [2.45, 2.75) is 71.5 Å². The molecule has 0 radical (unpaired) electrons. The van der Waals surface area contributed by atoms with Crippen molar-refractivity contribution in [3.8, 4) is 16.9 Å². The minimum atomic E-state index is -5.05. The molecule has 0 bridgehead atoms. The van der Waals surface area contributed by atoms with Gasteiger partial charge in [-0.2, -0.15) is 26.3 Å². The average Bonchev–Trinajstić information content (AvgIpc) is 3.27. The summed E-state index contributed by atoms with van der Waals surface area (Å²) in [6.07, 6.45) is -8.90. The van der Waals surface area contributed by atoms with E-state index < -0.39 is 53.3 Å². The van der Waals surface area contributed by atoms with Gasteiger partial charge in [0.1, 0.15) is 11.9 Å². The molecule has 0 saturated carbocycles. The fraction of sp³-hybridized carbons (Fsp3) is 0.400. The van der Waals surface area contributed by atoms with Gasteiger partial charge >= 0.3 is 24.4 Å². The summed E-state index contributed by atoms with van der Waals surface area (Å²) in [5, 5.41) is 9.39. The first-order chi connectivity index (χ1) is 22.3. The molecular weight excluding hydrogens is 642 g/mol. The second kappa shape index (κ2) is 12.5. The molecule has 13 heteroatoms. The molecule has 1 saturated heterocycles. The molecule has 3 aromatic rings. The summed E-state index contributed by atoms with van der Waals surface area (Å²) >= 11 is 0. The Balaban J connectivity index is 1.54. The number of carboxylic acids is 1. The van der Waals surface area contributed by atoms with E-state index in [0.717, 1.165) is 28.7 Å². The van der Waals surface area contributed by atoms with Gasteiger partial charge in [-0.15, -0.1) is 0 Å². The van der Waals surface area contributed by atoms with Crippen molar-refractivity contribution < 1.29 is 50.5 Å². The molecule has 2 atom stereocenters. The molecule has 2 heterocycles. The normalized spacial score (nSPS) is 19.8. The molecular formula is C35H34F6N2O5. The Morgan fingerprint density at radius 1 is 1.04 bits per heavy atom. The van der Waals surface area contributed by atoms with E-state index in [2.05, 4.69) is 18.8 Å². The first-order valence-corrected chi connectivity index (χ1v) is 15.2. The Hall–Kier alpha value is -4.55. The number of benzene rings is 2. The molecule has 1 aliphatic carbocycles. The number of amides is 1. The highest BCUT2D eigenvalue weighted by Gasteiger charge is 2.44. The molecule has 7 nitrogen and oxygen atoms in total. The van der Waals surface area contributed by atoms with Crippen molar-refractivity contribution >= 4 is 17.6 Å². The maximum atomic E-state index is 13.6. The van der Waals surface area contributed by atoms with Gasteiger partial charge in [0.25, 0.3) is 0 Å². The molecule has 5 rings (SSSR count). The van der Waals surface area contributed by atoms with Crippen LogP contribution in [-0.4, -0.2) is 46.7 Å². The van der Waals surface area contributed by atoms with Crippen LogP contribution in [0.3, 0.4) is 0 Å². The zero-order chi connectivity index (χ0) is 35.3. The molecule has 1 unspecified atom stereocenters. The third-order valence-electron chi connectivity index (χ3n) is 9.00. The van der Waals surface area contributed by atoms with Crippen LogP contribution in [0.4, 0.5) is 31.1 Å². The lowest BCUT2D eigenvalue weighted by Gasteiger charge is -2.36. The molecule has 1 fully saturated rings. The Kier molecular flexibility index (Phi) is 9.04. The van der Waals surface area contributed by atoms with Crippen LogP contribution in [0.15, 0.2) is 54.2 Å². The number of rotatable bonds is 7. The van der Waals surface area contributed by atoms with Crippen LogP contribution in [0, 0.1) is 12.3 Å². The van der Waals surface area contributed by atoms with Gasteiger partial charge in [0.2, 0.25) is 0 Å². The van der Waals surface area contributed by atoms with E-state index in [1.54, 1.807) is 19.1 Å². The summed E-state index contributed by atoms with van der Waals surface area (Å²) in [5.74, 6) is -0.587. The van der Waals surface area contributed by atoms with E-state index in [1.165, 1.54) is 25.1 Å². The van der Waals surface area contributed by atoms with Gasteiger partial charge in [-0.25, -0.2) is 14.6 Å². The molecule has 256 valence electrons. The molecule has 1 aromatic heterocycles. The first kappa shape index (κ1) is 34.8. The van der Waals surface area contributed by atoms with Crippen LogP contribution >= 0.6 is 0 Å². The van der Waals surface area contributed by atoms with Crippen molar-refractivity contribution in [2.24, 2.45) is 5.41 Å². The second-order valence-electron chi connectivity index (χ2n) is 13.0. The van der Waals surface area contributed by atoms with Crippen molar-refractivity contribution in [3.05, 3.63) is 87.7 Å². The lowest BCUT2D eigenvalue weighted by molar-refractivity contribution is -0.143. The summed E-state index contributed by atoms with van der Waals surface area (Å²) < 4.78 is 92.8. The number of hydrogen-bond donors (Lipinski definition) is 1. The number of carbonyl (C=O) groups is 2. The van der Waals surface area contributed by atoms with Gasteiger partial charge in [-0.05, 0) is 103 Å². The summed E-state index contributed by atoms with van der Waals surface area (Å²) in [7, 11) is 1.52. The van der Waals surface area contributed by atoms with Crippen LogP contribution in [0.1, 0.15) is 84.4 Å². The van der Waals surface area contributed by atoms with Gasteiger partial charge in [0.05, 0.1) is 24.3 Å². The van der Waals surface area contributed by atoms with E-state index >= 15 is 0 Å². The van der Waals surface area contributed by atoms with E-state index in [9.17, 15) is 41.0 Å². The Labute approximate surface area is 273 Å². The zero-order valence-electron chi connectivity index (χ0n) is 26.8. The monoisotopic (exact) mass is 676 g/mol. The largest absolute Gasteiger partial charge is 0.496 e. The van der Waals surface area contributed by atoms with Gasteiger partial charge < -0.3 is 14.6 Å². The van der Waals surface area contributed by atoms with Crippen molar-refractivity contribution in [1.82, 2.24) is 9.88 Å². The number of allylic oxidation sites excluding steroid dienone is 1. The van der Waals surface area contributed by atoms with Crippen LogP contribution in [0.25, 0.3) is 16.7 Å². The Morgan fingerprint density at radius 3 is 2.25 bits per heavy atom. The van der Waals surface area contributed by atoms with Crippen LogP contribution in [0.2, 0.25) is 0 Å². The smallest absolute Gasteiger partial charge is 0.416 e. The van der Waals surface area contributed by atoms with Gasteiger partial charge in [0.15, 0.2) is 5.69 Å².